The first-order valence-corrected chi connectivity index (χ1v) is 9.82. The Kier molecular flexibility index (Phi) is 7.02. The van der Waals surface area contributed by atoms with Crippen LogP contribution in [0, 0.1) is 12.8 Å². The highest BCUT2D eigenvalue weighted by Gasteiger charge is 2.36. The van der Waals surface area contributed by atoms with Gasteiger partial charge in [-0.1, -0.05) is 25.5 Å². The SMILES string of the molecule is COc1c(C)c(OC)c2c(c1OC)[C@@H](C)CC[C@@H]2[C@@H](C)CCC=C(C)C. The lowest BCUT2D eigenvalue weighted by atomic mass is 9.70. The van der Waals surface area contributed by atoms with E-state index in [0.29, 0.717) is 17.8 Å². The zero-order valence-corrected chi connectivity index (χ0v) is 17.9. The average Bonchev–Trinajstić information content (AvgIpc) is 2.60. The van der Waals surface area contributed by atoms with Gasteiger partial charge in [-0.2, -0.15) is 0 Å². The van der Waals surface area contributed by atoms with Crippen LogP contribution in [0.25, 0.3) is 0 Å². The standard InChI is InChI=1S/C23H36O3/c1-14(2)10-9-11-15(3)18-13-12-16(4)19-20(18)21(24-6)17(5)22(25-7)23(19)26-8/h10,15-16,18H,9,11-13H2,1-8H3/t15-,16-,18+/m0/s1. The van der Waals surface area contributed by atoms with Crippen molar-refractivity contribution >= 4 is 0 Å². The molecule has 1 aliphatic carbocycles. The van der Waals surface area contributed by atoms with Crippen LogP contribution in [0.4, 0.5) is 0 Å². The Bertz CT molecular complexity index is 656. The normalized spacial score (nSPS) is 20.2. The molecule has 3 heteroatoms. The van der Waals surface area contributed by atoms with E-state index in [4.69, 9.17) is 14.2 Å². The smallest absolute Gasteiger partial charge is 0.167 e. The van der Waals surface area contributed by atoms with Gasteiger partial charge in [0, 0.05) is 16.7 Å². The molecule has 0 amide bonds. The monoisotopic (exact) mass is 360 g/mol. The zero-order chi connectivity index (χ0) is 19.4. The number of benzene rings is 1. The van der Waals surface area contributed by atoms with Crippen molar-refractivity contribution in [1.82, 2.24) is 0 Å². The number of methoxy groups -OCH3 is 3. The number of hydrogen-bond acceptors (Lipinski definition) is 3. The molecule has 0 radical (unpaired) electrons. The average molecular weight is 361 g/mol. The molecule has 0 spiro atoms. The first-order valence-electron chi connectivity index (χ1n) is 9.82. The van der Waals surface area contributed by atoms with Gasteiger partial charge in [-0.05, 0) is 64.2 Å². The Morgan fingerprint density at radius 2 is 1.62 bits per heavy atom. The lowest BCUT2D eigenvalue weighted by Gasteiger charge is -2.37. The van der Waals surface area contributed by atoms with Crippen LogP contribution in [0.3, 0.4) is 0 Å². The summed E-state index contributed by atoms with van der Waals surface area (Å²) >= 11 is 0. The van der Waals surface area contributed by atoms with Crippen molar-refractivity contribution in [1.29, 1.82) is 0 Å². The highest BCUT2D eigenvalue weighted by Crippen LogP contribution is 2.55. The Balaban J connectivity index is 2.55. The van der Waals surface area contributed by atoms with Crippen LogP contribution in [0.15, 0.2) is 11.6 Å². The third-order valence-electron chi connectivity index (χ3n) is 5.91. The Morgan fingerprint density at radius 1 is 1.00 bits per heavy atom. The van der Waals surface area contributed by atoms with Gasteiger partial charge in [0.15, 0.2) is 11.5 Å². The van der Waals surface area contributed by atoms with E-state index in [1.807, 2.05) is 0 Å². The van der Waals surface area contributed by atoms with Crippen molar-refractivity contribution in [3.05, 3.63) is 28.3 Å². The summed E-state index contributed by atoms with van der Waals surface area (Å²) in [7, 11) is 5.24. The number of fused-ring (bicyclic) bond motifs is 1. The number of ether oxygens (including phenoxy) is 3. The largest absolute Gasteiger partial charge is 0.496 e. The molecule has 146 valence electrons. The van der Waals surface area contributed by atoms with Gasteiger partial charge in [0.1, 0.15) is 5.75 Å². The molecule has 0 fully saturated rings. The summed E-state index contributed by atoms with van der Waals surface area (Å²) in [6.45, 7) is 11.1. The molecule has 0 saturated heterocycles. The zero-order valence-electron chi connectivity index (χ0n) is 17.9. The van der Waals surface area contributed by atoms with Crippen molar-refractivity contribution in [2.24, 2.45) is 5.92 Å². The summed E-state index contributed by atoms with van der Waals surface area (Å²) in [5.74, 6) is 4.25. The van der Waals surface area contributed by atoms with Crippen molar-refractivity contribution in [2.45, 2.75) is 72.1 Å². The van der Waals surface area contributed by atoms with Crippen molar-refractivity contribution < 1.29 is 14.2 Å². The van der Waals surface area contributed by atoms with Crippen LogP contribution in [0.5, 0.6) is 17.2 Å². The van der Waals surface area contributed by atoms with Gasteiger partial charge in [0.25, 0.3) is 0 Å². The van der Waals surface area contributed by atoms with Crippen LogP contribution >= 0.6 is 0 Å². The number of hydrogen-bond donors (Lipinski definition) is 0. The number of allylic oxidation sites excluding steroid dienone is 2. The summed E-state index contributed by atoms with van der Waals surface area (Å²) < 4.78 is 17.4. The van der Waals surface area contributed by atoms with E-state index in [0.717, 1.165) is 29.2 Å². The van der Waals surface area contributed by atoms with E-state index in [1.165, 1.54) is 36.0 Å². The predicted octanol–water partition coefficient (Wildman–Crippen LogP) is 6.38. The van der Waals surface area contributed by atoms with Gasteiger partial charge in [0.05, 0.1) is 21.3 Å². The summed E-state index contributed by atoms with van der Waals surface area (Å²) in [6, 6.07) is 0. The van der Waals surface area contributed by atoms with E-state index in [1.54, 1.807) is 21.3 Å². The topological polar surface area (TPSA) is 27.7 Å². The van der Waals surface area contributed by atoms with Gasteiger partial charge in [-0.15, -0.1) is 0 Å². The summed E-state index contributed by atoms with van der Waals surface area (Å²) in [4.78, 5) is 0. The second kappa shape index (κ2) is 8.83. The van der Waals surface area contributed by atoms with E-state index < -0.39 is 0 Å². The second-order valence-electron chi connectivity index (χ2n) is 7.97. The van der Waals surface area contributed by atoms with Crippen molar-refractivity contribution in [3.63, 3.8) is 0 Å². The van der Waals surface area contributed by atoms with Crippen LogP contribution in [0.1, 0.15) is 81.9 Å². The molecule has 3 nitrogen and oxygen atoms in total. The Morgan fingerprint density at radius 3 is 2.15 bits per heavy atom. The molecular formula is C23H36O3. The van der Waals surface area contributed by atoms with E-state index in [2.05, 4.69) is 40.7 Å². The van der Waals surface area contributed by atoms with Gasteiger partial charge < -0.3 is 14.2 Å². The maximum atomic E-state index is 5.91. The Labute approximate surface area is 159 Å². The fraction of sp³-hybridized carbons (Fsp3) is 0.652. The molecule has 0 bridgehead atoms. The molecule has 1 aromatic carbocycles. The predicted molar refractivity (Wildman–Crippen MR) is 109 cm³/mol. The third kappa shape index (κ3) is 3.87. The van der Waals surface area contributed by atoms with Gasteiger partial charge in [-0.3, -0.25) is 0 Å². The van der Waals surface area contributed by atoms with Gasteiger partial charge >= 0.3 is 0 Å². The fourth-order valence-electron chi connectivity index (χ4n) is 4.53. The molecule has 26 heavy (non-hydrogen) atoms. The number of rotatable bonds is 7. The lowest BCUT2D eigenvalue weighted by molar-refractivity contribution is 0.312. The molecule has 1 aliphatic rings. The maximum absolute atomic E-state index is 5.91. The molecule has 0 aliphatic heterocycles. The minimum Gasteiger partial charge on any atom is -0.496 e. The van der Waals surface area contributed by atoms with E-state index >= 15 is 0 Å². The van der Waals surface area contributed by atoms with Crippen LogP contribution in [0.2, 0.25) is 0 Å². The molecule has 0 heterocycles. The molecule has 0 unspecified atom stereocenters. The first kappa shape index (κ1) is 20.7. The molecule has 0 N–H and O–H groups in total. The van der Waals surface area contributed by atoms with E-state index in [-0.39, 0.29) is 0 Å². The quantitative estimate of drug-likeness (QED) is 0.528. The lowest BCUT2D eigenvalue weighted by Crippen LogP contribution is -2.21. The molecule has 3 atom stereocenters. The second-order valence-corrected chi connectivity index (χ2v) is 7.97. The van der Waals surface area contributed by atoms with Gasteiger partial charge in [0.2, 0.25) is 0 Å². The molecule has 1 aromatic rings. The van der Waals surface area contributed by atoms with Crippen LogP contribution in [-0.2, 0) is 0 Å². The molecule has 0 aromatic heterocycles. The minimum atomic E-state index is 0.449. The van der Waals surface area contributed by atoms with Crippen molar-refractivity contribution in [2.75, 3.05) is 21.3 Å². The first-order chi connectivity index (χ1) is 12.4. The molecule has 2 rings (SSSR count). The molecular weight excluding hydrogens is 324 g/mol. The van der Waals surface area contributed by atoms with Gasteiger partial charge in [-0.25, -0.2) is 0 Å². The van der Waals surface area contributed by atoms with Crippen LogP contribution in [-0.4, -0.2) is 21.3 Å². The van der Waals surface area contributed by atoms with Crippen molar-refractivity contribution in [3.8, 4) is 17.2 Å². The highest BCUT2D eigenvalue weighted by molar-refractivity contribution is 5.65. The third-order valence-corrected chi connectivity index (χ3v) is 5.91. The summed E-state index contributed by atoms with van der Waals surface area (Å²) in [5, 5.41) is 0. The van der Waals surface area contributed by atoms with E-state index in [9.17, 15) is 0 Å². The maximum Gasteiger partial charge on any atom is 0.167 e. The fourth-order valence-corrected chi connectivity index (χ4v) is 4.53. The van der Waals surface area contributed by atoms with Crippen LogP contribution < -0.4 is 14.2 Å². The minimum absolute atomic E-state index is 0.449. The summed E-state index contributed by atoms with van der Waals surface area (Å²) in [6.07, 6.45) is 7.06. The Hall–Kier alpha value is -1.64. The highest BCUT2D eigenvalue weighted by atomic mass is 16.5. The molecule has 0 saturated carbocycles. The summed E-state index contributed by atoms with van der Waals surface area (Å²) in [5.41, 5.74) is 5.08.